The molecule has 0 bridgehead atoms. The summed E-state index contributed by atoms with van der Waals surface area (Å²) in [6, 6.07) is 4.87. The van der Waals surface area contributed by atoms with Gasteiger partial charge in [-0.3, -0.25) is 4.79 Å². The fourth-order valence-electron chi connectivity index (χ4n) is 3.60. The minimum Gasteiger partial charge on any atom is -0.363 e. The highest BCUT2D eigenvalue weighted by Gasteiger charge is 2.47. The zero-order valence-electron chi connectivity index (χ0n) is 15.5. The molecule has 0 aliphatic carbocycles. The molecule has 0 saturated carbocycles. The van der Waals surface area contributed by atoms with Crippen LogP contribution in [0.1, 0.15) is 27.2 Å². The summed E-state index contributed by atoms with van der Waals surface area (Å²) in [5.41, 5.74) is 0. The summed E-state index contributed by atoms with van der Waals surface area (Å²) in [6.07, 6.45) is 7.40. The molecule has 1 aliphatic rings. The molecule has 1 saturated heterocycles. The molecule has 1 fully saturated rings. The summed E-state index contributed by atoms with van der Waals surface area (Å²) in [5.74, 6) is 0.449. The zero-order valence-corrected chi connectivity index (χ0v) is 17.5. The molecule has 126 valence electrons. The van der Waals surface area contributed by atoms with Gasteiger partial charge in [0.1, 0.15) is 0 Å². The fourth-order valence-corrected chi connectivity index (χ4v) is 8.52. The van der Waals surface area contributed by atoms with Crippen LogP contribution in [0.25, 0.3) is 0 Å². The summed E-state index contributed by atoms with van der Waals surface area (Å²) in [6.45, 7) is 17.9. The second-order valence-corrected chi connectivity index (χ2v) is 18.4. The van der Waals surface area contributed by atoms with Crippen molar-refractivity contribution in [2.24, 2.45) is 5.92 Å². The first-order chi connectivity index (χ1) is 10.2. The van der Waals surface area contributed by atoms with Gasteiger partial charge in [-0.05, 0) is 30.6 Å². The average molecular weight is 338 g/mol. The molecule has 0 radical (unpaired) electrons. The molecule has 22 heavy (non-hydrogen) atoms. The third kappa shape index (κ3) is 4.22. The van der Waals surface area contributed by atoms with E-state index in [9.17, 15) is 4.79 Å². The van der Waals surface area contributed by atoms with Gasteiger partial charge >= 0.3 is 0 Å². The van der Waals surface area contributed by atoms with Crippen LogP contribution >= 0.6 is 0 Å². The molecule has 4 heteroatoms. The maximum atomic E-state index is 13.0. The van der Waals surface area contributed by atoms with E-state index in [-0.39, 0.29) is 12.0 Å². The van der Waals surface area contributed by atoms with Crippen molar-refractivity contribution < 1.29 is 4.79 Å². The standard InChI is InChI=1S/C18H35NOSi2/c1-8-17-15-16(13-12-14-21(5,6)7)18(20)19(17)22(9-2,10-3)11-4/h8,12-13,16-17H,1,9-11,14-15H2,2-7H3/b13-12+/t16-,17+/m1/s1. The fraction of sp³-hybridized carbons (Fsp3) is 0.722. The Morgan fingerprint density at radius 3 is 2.14 bits per heavy atom. The van der Waals surface area contributed by atoms with E-state index in [0.29, 0.717) is 5.91 Å². The highest BCUT2D eigenvalue weighted by atomic mass is 28.3. The van der Waals surface area contributed by atoms with Gasteiger partial charge in [-0.15, -0.1) is 6.58 Å². The van der Waals surface area contributed by atoms with Gasteiger partial charge in [-0.2, -0.15) is 0 Å². The van der Waals surface area contributed by atoms with Crippen molar-refractivity contribution in [3.05, 3.63) is 24.8 Å². The van der Waals surface area contributed by atoms with E-state index in [1.807, 2.05) is 6.08 Å². The highest BCUT2D eigenvalue weighted by molar-refractivity contribution is 6.79. The van der Waals surface area contributed by atoms with Gasteiger partial charge in [0, 0.05) is 14.1 Å². The summed E-state index contributed by atoms with van der Waals surface area (Å²) >= 11 is 0. The third-order valence-electron chi connectivity index (χ3n) is 5.24. The van der Waals surface area contributed by atoms with Crippen LogP contribution in [0.5, 0.6) is 0 Å². The molecule has 1 aliphatic heterocycles. The lowest BCUT2D eigenvalue weighted by atomic mass is 10.0. The lowest BCUT2D eigenvalue weighted by Crippen LogP contribution is -2.56. The highest BCUT2D eigenvalue weighted by Crippen LogP contribution is 2.36. The number of amides is 1. The Morgan fingerprint density at radius 1 is 1.18 bits per heavy atom. The number of carbonyl (C=O) groups is 1. The minimum absolute atomic E-state index is 0.0795. The van der Waals surface area contributed by atoms with E-state index in [2.05, 4.69) is 63.7 Å². The molecule has 2 nitrogen and oxygen atoms in total. The van der Waals surface area contributed by atoms with Crippen LogP contribution in [0, 0.1) is 5.92 Å². The maximum absolute atomic E-state index is 13.0. The molecule has 0 spiro atoms. The smallest absolute Gasteiger partial charge is 0.222 e. The Morgan fingerprint density at radius 2 is 1.73 bits per heavy atom. The van der Waals surface area contributed by atoms with Gasteiger partial charge in [0.2, 0.25) is 5.91 Å². The first kappa shape index (κ1) is 19.4. The first-order valence-corrected chi connectivity index (χ1v) is 15.1. The SMILES string of the molecule is C=C[C@H]1C[C@@H](/C=C/C[Si](C)(C)C)C(=O)N1[Si](CC)(CC)CC. The molecule has 0 aromatic rings. The Balaban J connectivity index is 2.97. The third-order valence-corrected chi connectivity index (χ3v) is 12.2. The molecule has 0 aromatic carbocycles. The predicted octanol–water partition coefficient (Wildman–Crippen LogP) is 5.29. The van der Waals surface area contributed by atoms with Gasteiger partial charge in [0.15, 0.2) is 8.24 Å². The lowest BCUT2D eigenvalue weighted by molar-refractivity contribution is -0.126. The largest absolute Gasteiger partial charge is 0.363 e. The molecule has 0 aromatic heterocycles. The lowest BCUT2D eigenvalue weighted by Gasteiger charge is -2.41. The summed E-state index contributed by atoms with van der Waals surface area (Å²) in [5, 5.41) is 0. The van der Waals surface area contributed by atoms with E-state index < -0.39 is 16.3 Å². The zero-order chi connectivity index (χ0) is 17.0. The maximum Gasteiger partial charge on any atom is 0.222 e. The molecule has 1 rings (SSSR count). The minimum atomic E-state index is -1.66. The van der Waals surface area contributed by atoms with Crippen LogP contribution in [-0.4, -0.2) is 32.8 Å². The van der Waals surface area contributed by atoms with Gasteiger partial charge in [-0.25, -0.2) is 0 Å². The number of rotatable bonds is 8. The van der Waals surface area contributed by atoms with Crippen molar-refractivity contribution >= 4 is 22.2 Å². The molecule has 1 heterocycles. The number of nitrogens with zero attached hydrogens (tertiary/aromatic N) is 1. The van der Waals surface area contributed by atoms with Crippen molar-refractivity contribution in [3.8, 4) is 0 Å². The van der Waals surface area contributed by atoms with Crippen LogP contribution in [0.2, 0.25) is 43.8 Å². The van der Waals surface area contributed by atoms with Crippen LogP contribution in [0.4, 0.5) is 0 Å². The van der Waals surface area contributed by atoms with E-state index in [1.54, 1.807) is 0 Å². The normalized spacial score (nSPS) is 23.5. The molecular formula is C18H35NOSi2. The summed E-state index contributed by atoms with van der Waals surface area (Å²) in [7, 11) is -2.74. The van der Waals surface area contributed by atoms with Gasteiger partial charge in [-0.1, -0.05) is 58.6 Å². The molecule has 0 N–H and O–H groups in total. The molecule has 2 atom stereocenters. The Kier molecular flexibility index (Phi) is 6.87. The van der Waals surface area contributed by atoms with Gasteiger partial charge < -0.3 is 4.57 Å². The molecule has 1 amide bonds. The van der Waals surface area contributed by atoms with Crippen molar-refractivity contribution in [2.45, 2.75) is 77.1 Å². The summed E-state index contributed by atoms with van der Waals surface area (Å²) < 4.78 is 2.30. The molecule has 0 unspecified atom stereocenters. The number of allylic oxidation sites excluding steroid dienone is 1. The monoisotopic (exact) mass is 337 g/mol. The quantitative estimate of drug-likeness (QED) is 0.435. The van der Waals surface area contributed by atoms with Crippen molar-refractivity contribution in [3.63, 3.8) is 0 Å². The first-order valence-electron chi connectivity index (χ1n) is 8.87. The van der Waals surface area contributed by atoms with E-state index >= 15 is 0 Å². The van der Waals surface area contributed by atoms with E-state index in [4.69, 9.17) is 0 Å². The van der Waals surface area contributed by atoms with Crippen LogP contribution in [0.15, 0.2) is 24.8 Å². The number of hydrogen-bond acceptors (Lipinski definition) is 1. The number of carbonyl (C=O) groups excluding carboxylic acids is 1. The van der Waals surface area contributed by atoms with Crippen LogP contribution < -0.4 is 0 Å². The Hall–Kier alpha value is -0.616. The average Bonchev–Trinajstić information content (AvgIpc) is 2.78. The van der Waals surface area contributed by atoms with Crippen molar-refractivity contribution in [2.75, 3.05) is 0 Å². The van der Waals surface area contributed by atoms with E-state index in [1.165, 1.54) is 0 Å². The van der Waals surface area contributed by atoms with E-state index in [0.717, 1.165) is 30.6 Å². The second-order valence-electron chi connectivity index (χ2n) is 7.83. The Bertz CT molecular complexity index is 413. The van der Waals surface area contributed by atoms with Crippen molar-refractivity contribution in [1.82, 2.24) is 4.57 Å². The topological polar surface area (TPSA) is 20.3 Å². The van der Waals surface area contributed by atoms with Gasteiger partial charge in [0.05, 0.1) is 5.92 Å². The molecular weight excluding hydrogens is 302 g/mol. The van der Waals surface area contributed by atoms with Gasteiger partial charge in [0.25, 0.3) is 0 Å². The van der Waals surface area contributed by atoms with Crippen molar-refractivity contribution in [1.29, 1.82) is 0 Å². The van der Waals surface area contributed by atoms with Crippen LogP contribution in [0.3, 0.4) is 0 Å². The second kappa shape index (κ2) is 7.78. The number of hydrogen-bond donors (Lipinski definition) is 0. The predicted molar refractivity (Wildman–Crippen MR) is 103 cm³/mol. The Labute approximate surface area is 139 Å². The van der Waals surface area contributed by atoms with Crippen LogP contribution in [-0.2, 0) is 4.79 Å². The summed E-state index contributed by atoms with van der Waals surface area (Å²) in [4.78, 5) is 13.0.